The maximum atomic E-state index is 12.0. The Morgan fingerprint density at radius 1 is 1.33 bits per heavy atom. The van der Waals surface area contributed by atoms with Crippen LogP contribution in [0.4, 0.5) is 0 Å². The lowest BCUT2D eigenvalue weighted by Crippen LogP contribution is -2.32. The molecular weight excluding hydrogens is 310 g/mol. The summed E-state index contributed by atoms with van der Waals surface area (Å²) in [4.78, 5) is 14.4. The van der Waals surface area contributed by atoms with Crippen LogP contribution in [-0.2, 0) is 6.42 Å². The van der Waals surface area contributed by atoms with Gasteiger partial charge in [0.25, 0.3) is 5.91 Å². The first-order valence-corrected chi connectivity index (χ1v) is 8.36. The maximum absolute atomic E-state index is 12.0. The molecule has 0 bridgehead atoms. The van der Waals surface area contributed by atoms with Crippen molar-refractivity contribution < 1.29 is 4.79 Å². The zero-order valence-electron chi connectivity index (χ0n) is 11.3. The van der Waals surface area contributed by atoms with Crippen molar-refractivity contribution in [2.45, 2.75) is 44.9 Å². The van der Waals surface area contributed by atoms with Gasteiger partial charge in [0, 0.05) is 16.2 Å². The highest BCUT2D eigenvalue weighted by molar-refractivity contribution is 9.09. The van der Waals surface area contributed by atoms with Gasteiger partial charge in [0.2, 0.25) is 0 Å². The molecule has 0 fully saturated rings. The fourth-order valence-electron chi connectivity index (χ4n) is 1.93. The first-order valence-electron chi connectivity index (χ1n) is 6.63. The van der Waals surface area contributed by atoms with E-state index in [1.807, 2.05) is 12.1 Å². The van der Waals surface area contributed by atoms with Gasteiger partial charge in [-0.05, 0) is 24.5 Å². The lowest BCUT2D eigenvalue weighted by atomic mass is 9.99. The molecular formula is C14H22BrNOS. The highest BCUT2D eigenvalue weighted by Gasteiger charge is 2.17. The standard InChI is InChI=1S/C14H22BrNOS/c1-4-10(5-2)12(15)9-16-14(17)13-8-7-11(6-3)18-13/h7-8,10,12H,4-6,9H2,1-3H3,(H,16,17). The van der Waals surface area contributed by atoms with E-state index in [9.17, 15) is 4.79 Å². The van der Waals surface area contributed by atoms with Gasteiger partial charge in [-0.3, -0.25) is 4.79 Å². The summed E-state index contributed by atoms with van der Waals surface area (Å²) in [5.41, 5.74) is 0. The molecule has 2 nitrogen and oxygen atoms in total. The van der Waals surface area contributed by atoms with Crippen LogP contribution < -0.4 is 5.32 Å². The van der Waals surface area contributed by atoms with Crippen molar-refractivity contribution in [3.8, 4) is 0 Å². The minimum atomic E-state index is 0.0510. The Hall–Kier alpha value is -0.350. The van der Waals surface area contributed by atoms with Crippen LogP contribution in [0.5, 0.6) is 0 Å². The van der Waals surface area contributed by atoms with Crippen LogP contribution in [0.25, 0.3) is 0 Å². The molecule has 102 valence electrons. The van der Waals surface area contributed by atoms with Crippen LogP contribution in [0.2, 0.25) is 0 Å². The number of hydrogen-bond donors (Lipinski definition) is 1. The van der Waals surface area contributed by atoms with Gasteiger partial charge in [0.1, 0.15) is 0 Å². The number of nitrogens with one attached hydrogen (secondary N) is 1. The SMILES string of the molecule is CCc1ccc(C(=O)NCC(Br)C(CC)CC)s1. The van der Waals surface area contributed by atoms with Gasteiger partial charge in [-0.15, -0.1) is 11.3 Å². The second-order valence-corrected chi connectivity index (χ2v) is 6.77. The molecule has 0 aliphatic rings. The van der Waals surface area contributed by atoms with Crippen molar-refractivity contribution in [2.75, 3.05) is 6.54 Å². The molecule has 0 radical (unpaired) electrons. The second-order valence-electron chi connectivity index (χ2n) is 4.42. The van der Waals surface area contributed by atoms with Gasteiger partial charge in [-0.25, -0.2) is 0 Å². The first-order chi connectivity index (χ1) is 8.62. The highest BCUT2D eigenvalue weighted by atomic mass is 79.9. The van der Waals surface area contributed by atoms with Crippen molar-refractivity contribution >= 4 is 33.2 Å². The molecule has 1 heterocycles. The maximum Gasteiger partial charge on any atom is 0.261 e. The Morgan fingerprint density at radius 3 is 2.50 bits per heavy atom. The lowest BCUT2D eigenvalue weighted by Gasteiger charge is -2.19. The third-order valence-electron chi connectivity index (χ3n) is 3.25. The Kier molecular flexibility index (Phi) is 6.94. The van der Waals surface area contributed by atoms with Crippen molar-refractivity contribution in [1.29, 1.82) is 0 Å². The predicted molar refractivity (Wildman–Crippen MR) is 82.8 cm³/mol. The molecule has 0 saturated carbocycles. The van der Waals surface area contributed by atoms with Gasteiger partial charge in [-0.1, -0.05) is 49.5 Å². The summed E-state index contributed by atoms with van der Waals surface area (Å²) >= 11 is 5.26. The van der Waals surface area contributed by atoms with Crippen molar-refractivity contribution in [3.63, 3.8) is 0 Å². The zero-order valence-corrected chi connectivity index (χ0v) is 13.7. The van der Waals surface area contributed by atoms with E-state index in [2.05, 4.69) is 42.0 Å². The minimum Gasteiger partial charge on any atom is -0.350 e. The second kappa shape index (κ2) is 7.95. The molecule has 1 atom stereocenters. The van der Waals surface area contributed by atoms with E-state index in [1.54, 1.807) is 11.3 Å². The van der Waals surface area contributed by atoms with Crippen LogP contribution in [0, 0.1) is 5.92 Å². The van der Waals surface area contributed by atoms with Crippen LogP contribution in [0.1, 0.15) is 48.2 Å². The van der Waals surface area contributed by atoms with Gasteiger partial charge in [0.05, 0.1) is 4.88 Å². The van der Waals surface area contributed by atoms with E-state index in [1.165, 1.54) is 4.88 Å². The topological polar surface area (TPSA) is 29.1 Å². The third kappa shape index (κ3) is 4.39. The predicted octanol–water partition coefficient (Wildman–Crippen LogP) is 4.24. The first kappa shape index (κ1) is 15.7. The number of amides is 1. The molecule has 1 rings (SSSR count). The summed E-state index contributed by atoms with van der Waals surface area (Å²) in [5.74, 6) is 0.676. The summed E-state index contributed by atoms with van der Waals surface area (Å²) < 4.78 is 0. The molecule has 4 heteroatoms. The molecule has 0 aliphatic heterocycles. The molecule has 0 spiro atoms. The van der Waals surface area contributed by atoms with Crippen molar-refractivity contribution in [3.05, 3.63) is 21.9 Å². The van der Waals surface area contributed by atoms with Crippen LogP contribution in [0.3, 0.4) is 0 Å². The summed E-state index contributed by atoms with van der Waals surface area (Å²) in [6, 6.07) is 3.95. The summed E-state index contributed by atoms with van der Waals surface area (Å²) in [6.07, 6.45) is 3.27. The highest BCUT2D eigenvalue weighted by Crippen LogP contribution is 2.20. The summed E-state index contributed by atoms with van der Waals surface area (Å²) in [7, 11) is 0. The average molecular weight is 332 g/mol. The molecule has 18 heavy (non-hydrogen) atoms. The fourth-order valence-corrected chi connectivity index (χ4v) is 3.71. The molecule has 1 amide bonds. The van der Waals surface area contributed by atoms with E-state index in [4.69, 9.17) is 0 Å². The molecule has 1 N–H and O–H groups in total. The van der Waals surface area contributed by atoms with Crippen LogP contribution in [0.15, 0.2) is 12.1 Å². The largest absolute Gasteiger partial charge is 0.350 e. The molecule has 0 aliphatic carbocycles. The van der Waals surface area contributed by atoms with E-state index >= 15 is 0 Å². The molecule has 1 aromatic heterocycles. The monoisotopic (exact) mass is 331 g/mol. The Bertz CT molecular complexity index is 374. The number of hydrogen-bond acceptors (Lipinski definition) is 2. The van der Waals surface area contributed by atoms with Crippen molar-refractivity contribution in [1.82, 2.24) is 5.32 Å². The Labute approximate surface area is 122 Å². The number of alkyl halides is 1. The summed E-state index contributed by atoms with van der Waals surface area (Å²) in [6.45, 7) is 7.19. The smallest absolute Gasteiger partial charge is 0.261 e. The van der Waals surface area contributed by atoms with Gasteiger partial charge >= 0.3 is 0 Å². The lowest BCUT2D eigenvalue weighted by molar-refractivity contribution is 0.0956. The number of carbonyl (C=O) groups excluding carboxylic acids is 1. The van der Waals surface area contributed by atoms with Gasteiger partial charge < -0.3 is 5.32 Å². The van der Waals surface area contributed by atoms with Crippen LogP contribution >= 0.6 is 27.3 Å². The number of rotatable bonds is 7. The average Bonchev–Trinajstić information content (AvgIpc) is 2.86. The molecule has 1 aromatic rings. The number of carbonyl (C=O) groups is 1. The van der Waals surface area contributed by atoms with Gasteiger partial charge in [0.15, 0.2) is 0 Å². The van der Waals surface area contributed by atoms with E-state index in [-0.39, 0.29) is 5.91 Å². The van der Waals surface area contributed by atoms with E-state index < -0.39 is 0 Å². The van der Waals surface area contributed by atoms with Crippen LogP contribution in [-0.4, -0.2) is 17.3 Å². The zero-order chi connectivity index (χ0) is 13.5. The molecule has 0 saturated heterocycles. The quantitative estimate of drug-likeness (QED) is 0.744. The van der Waals surface area contributed by atoms with E-state index in [0.717, 1.165) is 24.1 Å². The van der Waals surface area contributed by atoms with Crippen molar-refractivity contribution in [2.24, 2.45) is 5.92 Å². The minimum absolute atomic E-state index is 0.0510. The fraction of sp³-hybridized carbons (Fsp3) is 0.643. The van der Waals surface area contributed by atoms with Gasteiger partial charge in [-0.2, -0.15) is 0 Å². The third-order valence-corrected chi connectivity index (χ3v) is 5.55. The Balaban J connectivity index is 2.45. The Morgan fingerprint density at radius 2 is 2.00 bits per heavy atom. The molecule has 1 unspecified atom stereocenters. The number of halogens is 1. The number of thiophene rings is 1. The van der Waals surface area contributed by atoms with E-state index in [0.29, 0.717) is 17.3 Å². The molecule has 0 aromatic carbocycles. The summed E-state index contributed by atoms with van der Waals surface area (Å²) in [5, 5.41) is 3.01. The normalized spacial score (nSPS) is 12.7. The number of aryl methyl sites for hydroxylation is 1.